The Kier molecular flexibility index (Phi) is 7.16. The number of nitrogens with zero attached hydrogens (tertiary/aromatic N) is 3. The molecule has 0 spiro atoms. The van der Waals surface area contributed by atoms with Crippen molar-refractivity contribution in [1.29, 1.82) is 0 Å². The van der Waals surface area contributed by atoms with Gasteiger partial charge in [-0.1, -0.05) is 5.92 Å². The Labute approximate surface area is 191 Å². The van der Waals surface area contributed by atoms with Crippen LogP contribution in [0.5, 0.6) is 0 Å². The van der Waals surface area contributed by atoms with E-state index in [0.29, 0.717) is 0 Å². The fourth-order valence-corrected chi connectivity index (χ4v) is 3.75. The highest BCUT2D eigenvalue weighted by molar-refractivity contribution is 5.87. The molecule has 0 aliphatic carbocycles. The van der Waals surface area contributed by atoms with Crippen molar-refractivity contribution in [2.45, 2.75) is 58.3 Å². The first kappa shape index (κ1) is 24.6. The maximum Gasteiger partial charge on any atom is 0.333 e. The zero-order valence-electron chi connectivity index (χ0n) is 18.5. The molecule has 182 valence electrons. The first-order valence-corrected chi connectivity index (χ1v) is 10.1. The van der Waals surface area contributed by atoms with Gasteiger partial charge in [-0.25, -0.2) is 13.8 Å². The fourth-order valence-electron chi connectivity index (χ4n) is 3.75. The molecule has 2 N–H and O–H groups in total. The van der Waals surface area contributed by atoms with Crippen LogP contribution in [0, 0.1) is 12.3 Å². The highest BCUT2D eigenvalue weighted by Gasteiger charge is 2.45. The Bertz CT molecular complexity index is 1290. The number of imidazole rings is 1. The number of carbonyl (C=O) groups excluding carboxylic acids is 3. The van der Waals surface area contributed by atoms with Crippen LogP contribution in [-0.2, 0) is 35.1 Å². The van der Waals surface area contributed by atoms with Crippen LogP contribution in [0.2, 0.25) is 0 Å². The first-order valence-electron chi connectivity index (χ1n) is 10.1. The number of amides is 1. The number of carbonyl (C=O) groups is 3. The van der Waals surface area contributed by atoms with Gasteiger partial charge >= 0.3 is 17.6 Å². The van der Waals surface area contributed by atoms with Crippen molar-refractivity contribution in [3.8, 4) is 12.3 Å². The van der Waals surface area contributed by atoms with Gasteiger partial charge in [0.15, 0.2) is 23.5 Å². The lowest BCUT2D eigenvalue weighted by molar-refractivity contribution is -0.159. The summed E-state index contributed by atoms with van der Waals surface area (Å²) < 4.78 is 31.5. The number of esters is 2. The molecule has 0 saturated carbocycles. The molecular formula is C20H22FN5O8. The topological polar surface area (TPSA) is 164 Å². The first-order chi connectivity index (χ1) is 16.1. The van der Waals surface area contributed by atoms with E-state index in [0.717, 1.165) is 23.0 Å². The predicted octanol–water partition coefficient (Wildman–Crippen LogP) is -0.402. The molecule has 1 aliphatic heterocycles. The van der Waals surface area contributed by atoms with Crippen LogP contribution in [0.4, 0.5) is 10.3 Å². The number of hydrogen-bond acceptors (Lipinski definition) is 9. The molecule has 0 bridgehead atoms. The van der Waals surface area contributed by atoms with E-state index in [1.54, 1.807) is 0 Å². The standard InChI is InChI=1S/C20H22FN5O8/c1-5-6-25-15-16(23-19(22-9(2)27)24-17(15)30)26(20(25)31)18-13(32-10(3)28)7-12(34-18)14(8-21)33-11(4)29/h1,12-14,18H,6-8H2,2-4H3,(H2,22,23,24,27,30)/t12-,13+,14+,18+/m0/s1. The van der Waals surface area contributed by atoms with E-state index >= 15 is 0 Å². The molecule has 0 unspecified atom stereocenters. The zero-order valence-corrected chi connectivity index (χ0v) is 18.5. The SMILES string of the molecule is C#CCn1c(=O)n([C@@H]2O[C@H]([C@@H](CF)OC(C)=O)C[C@H]2OC(C)=O)c2nc(NC(C)=O)[nH]c(=O)c21. The highest BCUT2D eigenvalue weighted by atomic mass is 19.1. The predicted molar refractivity (Wildman–Crippen MR) is 113 cm³/mol. The molecule has 1 aliphatic rings. The van der Waals surface area contributed by atoms with Crippen LogP contribution in [0.15, 0.2) is 9.59 Å². The van der Waals surface area contributed by atoms with Gasteiger partial charge in [0.2, 0.25) is 11.9 Å². The maximum atomic E-state index is 13.6. The van der Waals surface area contributed by atoms with E-state index in [1.807, 2.05) is 0 Å². The molecule has 2 aromatic heterocycles. The van der Waals surface area contributed by atoms with Crippen molar-refractivity contribution in [2.24, 2.45) is 0 Å². The largest absolute Gasteiger partial charge is 0.458 e. The van der Waals surface area contributed by atoms with Crippen molar-refractivity contribution in [1.82, 2.24) is 19.1 Å². The van der Waals surface area contributed by atoms with Gasteiger partial charge in [-0.3, -0.25) is 34.0 Å². The number of halogens is 1. The number of nitrogens with one attached hydrogen (secondary N) is 2. The number of terminal acetylenes is 1. The Morgan fingerprint density at radius 3 is 2.59 bits per heavy atom. The number of aromatic nitrogens is 4. The van der Waals surface area contributed by atoms with Gasteiger partial charge in [0.1, 0.15) is 18.9 Å². The average Bonchev–Trinajstić information content (AvgIpc) is 3.24. The van der Waals surface area contributed by atoms with E-state index in [9.17, 15) is 28.4 Å². The molecule has 3 rings (SSSR count). The van der Waals surface area contributed by atoms with E-state index in [4.69, 9.17) is 20.6 Å². The minimum Gasteiger partial charge on any atom is -0.458 e. The number of hydrogen-bond donors (Lipinski definition) is 2. The van der Waals surface area contributed by atoms with E-state index in [-0.39, 0.29) is 30.1 Å². The highest BCUT2D eigenvalue weighted by Crippen LogP contribution is 2.34. The van der Waals surface area contributed by atoms with Crippen LogP contribution in [0.3, 0.4) is 0 Å². The van der Waals surface area contributed by atoms with Gasteiger partial charge in [0.05, 0.1) is 6.54 Å². The minimum atomic E-state index is -1.37. The third-order valence-electron chi connectivity index (χ3n) is 4.91. The van der Waals surface area contributed by atoms with Gasteiger partial charge in [-0.2, -0.15) is 4.98 Å². The Morgan fingerprint density at radius 2 is 2.03 bits per heavy atom. The summed E-state index contributed by atoms with van der Waals surface area (Å²) in [5, 5.41) is 2.31. The van der Waals surface area contributed by atoms with Crippen molar-refractivity contribution < 1.29 is 33.0 Å². The number of aromatic amines is 1. The number of H-pyrrole nitrogens is 1. The molecule has 0 aromatic carbocycles. The van der Waals surface area contributed by atoms with Crippen molar-refractivity contribution in [2.75, 3.05) is 12.0 Å². The summed E-state index contributed by atoms with van der Waals surface area (Å²) >= 11 is 0. The molecule has 1 amide bonds. The number of anilines is 1. The number of rotatable bonds is 7. The monoisotopic (exact) mass is 479 g/mol. The molecule has 3 heterocycles. The average molecular weight is 479 g/mol. The molecule has 1 fully saturated rings. The summed E-state index contributed by atoms with van der Waals surface area (Å²) in [7, 11) is 0. The summed E-state index contributed by atoms with van der Waals surface area (Å²) in [6, 6.07) is 0. The van der Waals surface area contributed by atoms with Gasteiger partial charge in [-0.15, -0.1) is 6.42 Å². The molecule has 4 atom stereocenters. The number of ether oxygens (including phenoxy) is 3. The lowest BCUT2D eigenvalue weighted by Gasteiger charge is -2.21. The summed E-state index contributed by atoms with van der Waals surface area (Å²) in [6.07, 6.45) is 0.316. The van der Waals surface area contributed by atoms with Crippen LogP contribution >= 0.6 is 0 Å². The molecule has 14 heteroatoms. The van der Waals surface area contributed by atoms with Crippen LogP contribution in [0.1, 0.15) is 33.4 Å². The third-order valence-corrected chi connectivity index (χ3v) is 4.91. The Hall–Kier alpha value is -3.99. The quantitative estimate of drug-likeness (QED) is 0.397. The minimum absolute atomic E-state index is 0.123. The second kappa shape index (κ2) is 9.87. The molecule has 34 heavy (non-hydrogen) atoms. The molecule has 1 saturated heterocycles. The van der Waals surface area contributed by atoms with E-state index in [1.165, 1.54) is 6.92 Å². The fraction of sp³-hybridized carbons (Fsp3) is 0.500. The Balaban J connectivity index is 2.20. The maximum absolute atomic E-state index is 13.6. The second-order valence-corrected chi connectivity index (χ2v) is 7.46. The summed E-state index contributed by atoms with van der Waals surface area (Å²) in [5.41, 5.74) is -2.04. The smallest absolute Gasteiger partial charge is 0.333 e. The van der Waals surface area contributed by atoms with Gasteiger partial charge < -0.3 is 14.2 Å². The second-order valence-electron chi connectivity index (χ2n) is 7.46. The van der Waals surface area contributed by atoms with Crippen molar-refractivity contribution >= 4 is 35.0 Å². The van der Waals surface area contributed by atoms with Crippen LogP contribution in [-0.4, -0.2) is 61.9 Å². The third kappa shape index (κ3) is 4.84. The lowest BCUT2D eigenvalue weighted by atomic mass is 10.1. The summed E-state index contributed by atoms with van der Waals surface area (Å²) in [4.78, 5) is 67.0. The lowest BCUT2D eigenvalue weighted by Crippen LogP contribution is -2.34. The van der Waals surface area contributed by atoms with Gasteiger partial charge in [0, 0.05) is 27.2 Å². The number of fused-ring (bicyclic) bond motifs is 1. The van der Waals surface area contributed by atoms with E-state index in [2.05, 4.69) is 21.2 Å². The van der Waals surface area contributed by atoms with Crippen molar-refractivity contribution in [3.05, 3.63) is 20.8 Å². The molecule has 2 aromatic rings. The van der Waals surface area contributed by atoms with Crippen LogP contribution in [0.25, 0.3) is 11.2 Å². The van der Waals surface area contributed by atoms with Crippen LogP contribution < -0.4 is 16.6 Å². The molecule has 13 nitrogen and oxygen atoms in total. The Morgan fingerprint density at radius 1 is 1.32 bits per heavy atom. The van der Waals surface area contributed by atoms with Crippen molar-refractivity contribution in [3.63, 3.8) is 0 Å². The summed E-state index contributed by atoms with van der Waals surface area (Å²) in [5.74, 6) is -0.000139. The summed E-state index contributed by atoms with van der Waals surface area (Å²) in [6.45, 7) is 2.01. The van der Waals surface area contributed by atoms with E-state index < -0.39 is 60.3 Å². The normalized spacial score (nSPS) is 20.5. The van der Waals surface area contributed by atoms with Gasteiger partial charge in [-0.05, 0) is 0 Å². The number of alkyl halides is 1. The molecular weight excluding hydrogens is 457 g/mol. The van der Waals surface area contributed by atoms with Gasteiger partial charge in [0.25, 0.3) is 5.56 Å². The zero-order chi connectivity index (χ0) is 25.2. The molecule has 0 radical (unpaired) electrons.